The molecule has 0 aromatic carbocycles. The normalized spacial score (nSPS) is 22.7. The van der Waals surface area contributed by atoms with E-state index in [2.05, 4.69) is 36.0 Å². The Bertz CT molecular complexity index is 473. The van der Waals surface area contributed by atoms with E-state index in [4.69, 9.17) is 4.98 Å². The van der Waals surface area contributed by atoms with Crippen molar-refractivity contribution >= 4 is 11.6 Å². The lowest BCUT2D eigenvalue weighted by Gasteiger charge is -2.37. The molecule has 1 fully saturated rings. The summed E-state index contributed by atoms with van der Waals surface area (Å²) in [5.74, 6) is 2.96. The quantitative estimate of drug-likeness (QED) is 0.874. The van der Waals surface area contributed by atoms with Gasteiger partial charge in [0.2, 0.25) is 0 Å². The first-order valence-electron chi connectivity index (χ1n) is 8.01. The molecule has 1 aliphatic rings. The highest BCUT2D eigenvalue weighted by atomic mass is 16.3. The zero-order valence-corrected chi connectivity index (χ0v) is 13.7. The molecule has 0 saturated carbocycles. The van der Waals surface area contributed by atoms with E-state index in [1.54, 1.807) is 0 Å². The molecule has 5 nitrogen and oxygen atoms in total. The third-order valence-electron chi connectivity index (χ3n) is 3.80. The molecule has 0 bridgehead atoms. The Morgan fingerprint density at radius 3 is 2.81 bits per heavy atom. The van der Waals surface area contributed by atoms with Crippen LogP contribution in [0.1, 0.15) is 58.7 Å². The van der Waals surface area contributed by atoms with Gasteiger partial charge in [0, 0.05) is 31.6 Å². The van der Waals surface area contributed by atoms with Crippen LogP contribution in [0.15, 0.2) is 6.07 Å². The van der Waals surface area contributed by atoms with Gasteiger partial charge < -0.3 is 15.3 Å². The molecular weight excluding hydrogens is 264 g/mol. The number of nitrogens with zero attached hydrogens (tertiary/aromatic N) is 3. The second kappa shape index (κ2) is 6.60. The molecule has 1 unspecified atom stereocenters. The summed E-state index contributed by atoms with van der Waals surface area (Å²) in [6.45, 7) is 10.7. The number of hydrogen-bond acceptors (Lipinski definition) is 5. The van der Waals surface area contributed by atoms with Crippen molar-refractivity contribution in [3.8, 4) is 0 Å². The van der Waals surface area contributed by atoms with Crippen molar-refractivity contribution in [3.63, 3.8) is 0 Å². The van der Waals surface area contributed by atoms with Crippen LogP contribution in [0.4, 0.5) is 11.6 Å². The summed E-state index contributed by atoms with van der Waals surface area (Å²) in [5, 5.41) is 13.6. The maximum absolute atomic E-state index is 10.3. The third-order valence-corrected chi connectivity index (χ3v) is 3.80. The van der Waals surface area contributed by atoms with E-state index >= 15 is 0 Å². The molecular formula is C16H28N4O. The van der Waals surface area contributed by atoms with Gasteiger partial charge in [-0.05, 0) is 26.2 Å². The zero-order chi connectivity index (χ0) is 15.5. The first-order chi connectivity index (χ1) is 9.91. The number of piperidine rings is 1. The summed E-state index contributed by atoms with van der Waals surface area (Å²) in [5.41, 5.74) is -0.627. The van der Waals surface area contributed by atoms with Crippen molar-refractivity contribution in [2.24, 2.45) is 0 Å². The van der Waals surface area contributed by atoms with E-state index < -0.39 is 5.60 Å². The smallest absolute Gasteiger partial charge is 0.135 e. The Morgan fingerprint density at radius 2 is 2.19 bits per heavy atom. The molecule has 5 heteroatoms. The van der Waals surface area contributed by atoms with Crippen LogP contribution in [0, 0.1) is 0 Å². The molecule has 0 aliphatic carbocycles. The number of β-amino-alcohol motifs (C(OH)–C–C–N with tert-alkyl or cyclic N) is 1. The Hall–Kier alpha value is -1.36. The van der Waals surface area contributed by atoms with Gasteiger partial charge in [-0.25, -0.2) is 9.97 Å². The highest BCUT2D eigenvalue weighted by Crippen LogP contribution is 2.26. The monoisotopic (exact) mass is 292 g/mol. The van der Waals surface area contributed by atoms with E-state index in [-0.39, 0.29) is 5.92 Å². The van der Waals surface area contributed by atoms with Crippen LogP contribution in [0.25, 0.3) is 0 Å². The van der Waals surface area contributed by atoms with E-state index in [0.717, 1.165) is 49.8 Å². The lowest BCUT2D eigenvalue weighted by Crippen LogP contribution is -2.46. The van der Waals surface area contributed by atoms with Gasteiger partial charge >= 0.3 is 0 Å². The molecule has 2 rings (SSSR count). The van der Waals surface area contributed by atoms with Gasteiger partial charge in [0.15, 0.2) is 0 Å². The minimum atomic E-state index is -0.627. The molecule has 0 amide bonds. The van der Waals surface area contributed by atoms with Gasteiger partial charge in [-0.2, -0.15) is 0 Å². The summed E-state index contributed by atoms with van der Waals surface area (Å²) in [6.07, 6.45) is 2.91. The molecule has 1 aromatic rings. The summed E-state index contributed by atoms with van der Waals surface area (Å²) >= 11 is 0. The first-order valence-corrected chi connectivity index (χ1v) is 8.01. The van der Waals surface area contributed by atoms with Crippen molar-refractivity contribution in [1.29, 1.82) is 0 Å². The van der Waals surface area contributed by atoms with Crippen LogP contribution in [-0.4, -0.2) is 40.3 Å². The molecule has 1 atom stereocenters. The van der Waals surface area contributed by atoms with Crippen LogP contribution in [-0.2, 0) is 0 Å². The van der Waals surface area contributed by atoms with Crippen LogP contribution in [0.3, 0.4) is 0 Å². The van der Waals surface area contributed by atoms with E-state index in [9.17, 15) is 5.11 Å². The fourth-order valence-electron chi connectivity index (χ4n) is 2.63. The summed E-state index contributed by atoms with van der Waals surface area (Å²) < 4.78 is 0. The summed E-state index contributed by atoms with van der Waals surface area (Å²) in [6, 6.07) is 2.00. The van der Waals surface area contributed by atoms with Gasteiger partial charge in [-0.1, -0.05) is 20.8 Å². The van der Waals surface area contributed by atoms with Gasteiger partial charge in [0.05, 0.1) is 5.60 Å². The highest BCUT2D eigenvalue weighted by Gasteiger charge is 2.29. The maximum Gasteiger partial charge on any atom is 0.135 e. The predicted octanol–water partition coefficient (Wildman–Crippen LogP) is 2.77. The average Bonchev–Trinajstić information content (AvgIpc) is 2.43. The van der Waals surface area contributed by atoms with Crippen molar-refractivity contribution in [2.75, 3.05) is 29.9 Å². The van der Waals surface area contributed by atoms with Crippen molar-refractivity contribution < 1.29 is 5.11 Å². The Labute approximate surface area is 127 Å². The summed E-state index contributed by atoms with van der Waals surface area (Å²) in [7, 11) is 0. The SMILES string of the molecule is CCCNc1cc(N2CCCC(C)(O)C2)nc(C(C)C)n1. The first kappa shape index (κ1) is 16.0. The zero-order valence-electron chi connectivity index (χ0n) is 13.7. The Morgan fingerprint density at radius 1 is 1.43 bits per heavy atom. The molecule has 1 aromatic heterocycles. The molecule has 1 aliphatic heterocycles. The van der Waals surface area contributed by atoms with E-state index in [0.29, 0.717) is 6.54 Å². The second-order valence-electron chi connectivity index (χ2n) is 6.57. The fourth-order valence-corrected chi connectivity index (χ4v) is 2.63. The topological polar surface area (TPSA) is 61.3 Å². The van der Waals surface area contributed by atoms with Gasteiger partial charge in [0.1, 0.15) is 17.5 Å². The largest absolute Gasteiger partial charge is 0.388 e. The fraction of sp³-hybridized carbons (Fsp3) is 0.750. The number of anilines is 2. The number of aliphatic hydroxyl groups is 1. The lowest BCUT2D eigenvalue weighted by molar-refractivity contribution is 0.0447. The Balaban J connectivity index is 2.26. The minimum absolute atomic E-state index is 0.289. The number of nitrogens with one attached hydrogen (secondary N) is 1. The van der Waals surface area contributed by atoms with Crippen LogP contribution < -0.4 is 10.2 Å². The van der Waals surface area contributed by atoms with E-state index in [1.165, 1.54) is 0 Å². The molecule has 0 radical (unpaired) electrons. The van der Waals surface area contributed by atoms with Gasteiger partial charge in [0.25, 0.3) is 0 Å². The van der Waals surface area contributed by atoms with Crippen LogP contribution in [0.2, 0.25) is 0 Å². The molecule has 1 saturated heterocycles. The number of rotatable bonds is 5. The molecule has 118 valence electrons. The maximum atomic E-state index is 10.3. The molecule has 21 heavy (non-hydrogen) atoms. The Kier molecular flexibility index (Phi) is 5.04. The minimum Gasteiger partial charge on any atom is -0.388 e. The second-order valence-corrected chi connectivity index (χ2v) is 6.57. The van der Waals surface area contributed by atoms with Gasteiger partial charge in [-0.15, -0.1) is 0 Å². The molecule has 2 heterocycles. The van der Waals surface area contributed by atoms with Crippen molar-refractivity contribution in [1.82, 2.24) is 9.97 Å². The van der Waals surface area contributed by atoms with Crippen molar-refractivity contribution in [2.45, 2.75) is 58.5 Å². The van der Waals surface area contributed by atoms with Crippen LogP contribution in [0.5, 0.6) is 0 Å². The molecule has 0 spiro atoms. The predicted molar refractivity (Wildman–Crippen MR) is 87.0 cm³/mol. The number of hydrogen-bond donors (Lipinski definition) is 2. The van der Waals surface area contributed by atoms with E-state index in [1.807, 2.05) is 13.0 Å². The average molecular weight is 292 g/mol. The lowest BCUT2D eigenvalue weighted by atomic mass is 9.95. The third kappa shape index (κ3) is 4.30. The standard InChI is InChI=1S/C16H28N4O/c1-5-8-17-13-10-14(19-15(18-13)12(2)3)20-9-6-7-16(4,21)11-20/h10,12,21H,5-9,11H2,1-4H3,(H,17,18,19). The van der Waals surface area contributed by atoms with Crippen molar-refractivity contribution in [3.05, 3.63) is 11.9 Å². The summed E-state index contributed by atoms with van der Waals surface area (Å²) in [4.78, 5) is 11.5. The van der Waals surface area contributed by atoms with Crippen LogP contribution >= 0.6 is 0 Å². The number of aromatic nitrogens is 2. The van der Waals surface area contributed by atoms with Gasteiger partial charge in [-0.3, -0.25) is 0 Å². The highest BCUT2D eigenvalue weighted by molar-refractivity contribution is 5.50. The molecule has 2 N–H and O–H groups in total.